The van der Waals surface area contributed by atoms with E-state index < -0.39 is 6.08 Å². The molecule has 3 rings (SSSR count). The molecule has 98 valence electrons. The predicted molar refractivity (Wildman–Crippen MR) is 65.6 cm³/mol. The minimum atomic E-state index is -0.750. The summed E-state index contributed by atoms with van der Waals surface area (Å²) in [5, 5.41) is 0. The van der Waals surface area contributed by atoms with Crippen LogP contribution in [0.5, 0.6) is 0 Å². The highest BCUT2D eigenvalue weighted by atomic mass is 19.1. The first-order valence-corrected chi connectivity index (χ1v) is 6.35. The number of piperidine rings is 1. The van der Waals surface area contributed by atoms with Crippen LogP contribution in [0.3, 0.4) is 0 Å². The van der Waals surface area contributed by atoms with Gasteiger partial charge in [-0.15, -0.1) is 0 Å². The number of ether oxygens (including phenoxy) is 1. The van der Waals surface area contributed by atoms with Crippen molar-refractivity contribution in [1.82, 2.24) is 9.97 Å². The van der Waals surface area contributed by atoms with Crippen LogP contribution in [0.15, 0.2) is 6.07 Å². The summed E-state index contributed by atoms with van der Waals surface area (Å²) in [6.07, 6.45) is 1.47. The van der Waals surface area contributed by atoms with Crippen LogP contribution >= 0.6 is 0 Å². The number of anilines is 2. The molecule has 0 saturated carbocycles. The van der Waals surface area contributed by atoms with Gasteiger partial charge in [0.2, 0.25) is 0 Å². The quantitative estimate of drug-likeness (QED) is 0.797. The molecule has 0 bridgehead atoms. The molecule has 0 radical (unpaired) electrons. The van der Waals surface area contributed by atoms with Gasteiger partial charge in [0.1, 0.15) is 11.6 Å². The molecule has 2 aliphatic rings. The fraction of sp³-hybridized carbons (Fsp3) is 0.667. The van der Waals surface area contributed by atoms with Crippen molar-refractivity contribution in [3.8, 4) is 0 Å². The Kier molecular flexibility index (Phi) is 3.03. The minimum Gasteiger partial charge on any atom is -0.383 e. The van der Waals surface area contributed by atoms with Gasteiger partial charge < -0.3 is 15.4 Å². The molecular formula is C12H17FN4O. The molecule has 5 nitrogen and oxygen atoms in total. The Bertz CT molecular complexity index is 410. The van der Waals surface area contributed by atoms with Crippen LogP contribution in [0.1, 0.15) is 12.8 Å². The van der Waals surface area contributed by atoms with Crippen molar-refractivity contribution in [2.75, 3.05) is 36.9 Å². The largest absolute Gasteiger partial charge is 0.383 e. The average molecular weight is 252 g/mol. The molecule has 2 saturated heterocycles. The smallest absolute Gasteiger partial charge is 0.312 e. The summed E-state index contributed by atoms with van der Waals surface area (Å²) in [5.74, 6) is 2.24. The molecule has 0 aliphatic carbocycles. The van der Waals surface area contributed by atoms with E-state index in [1.807, 2.05) is 0 Å². The lowest BCUT2D eigenvalue weighted by molar-refractivity contribution is -0.0650. The fourth-order valence-electron chi connectivity index (χ4n) is 2.71. The van der Waals surface area contributed by atoms with E-state index in [0.717, 1.165) is 51.0 Å². The molecule has 0 spiro atoms. The molecule has 1 aromatic heterocycles. The number of halogens is 1. The van der Waals surface area contributed by atoms with Crippen LogP contribution in [-0.4, -0.2) is 36.3 Å². The number of hydrogen-bond donors (Lipinski definition) is 1. The number of rotatable bonds is 2. The average Bonchev–Trinajstić information content (AvgIpc) is 2.26. The third-order valence-corrected chi connectivity index (χ3v) is 3.90. The number of nitrogens with zero attached hydrogens (tertiary/aromatic N) is 3. The van der Waals surface area contributed by atoms with Gasteiger partial charge in [-0.1, -0.05) is 0 Å². The molecule has 0 amide bonds. The Morgan fingerprint density at radius 1 is 1.22 bits per heavy atom. The fourth-order valence-corrected chi connectivity index (χ4v) is 2.71. The monoisotopic (exact) mass is 252 g/mol. The van der Waals surface area contributed by atoms with E-state index in [2.05, 4.69) is 14.9 Å². The number of aromatic nitrogens is 2. The maximum Gasteiger partial charge on any atom is 0.312 e. The van der Waals surface area contributed by atoms with E-state index in [0.29, 0.717) is 5.82 Å². The molecule has 2 aliphatic heterocycles. The lowest BCUT2D eigenvalue weighted by atomic mass is 9.83. The zero-order chi connectivity index (χ0) is 12.5. The van der Waals surface area contributed by atoms with E-state index in [1.165, 1.54) is 0 Å². The molecule has 6 heteroatoms. The standard InChI is InChI=1S/C12H17FN4O/c13-12-15-10(14)5-11(16-12)17-3-1-8(2-4-17)9-6-18-7-9/h5,8-9H,1-4,6-7H2,(H2,14,15,16). The topological polar surface area (TPSA) is 64.3 Å². The third-order valence-electron chi connectivity index (χ3n) is 3.90. The van der Waals surface area contributed by atoms with E-state index in [4.69, 9.17) is 10.5 Å². The lowest BCUT2D eigenvalue weighted by Crippen LogP contribution is -2.42. The maximum atomic E-state index is 13.1. The highest BCUT2D eigenvalue weighted by molar-refractivity contribution is 5.46. The summed E-state index contributed by atoms with van der Waals surface area (Å²) < 4.78 is 18.3. The van der Waals surface area contributed by atoms with Crippen molar-refractivity contribution in [1.29, 1.82) is 0 Å². The van der Waals surface area contributed by atoms with Crippen LogP contribution in [-0.2, 0) is 4.74 Å². The van der Waals surface area contributed by atoms with Crippen LogP contribution in [0.4, 0.5) is 16.0 Å². The molecular weight excluding hydrogens is 235 g/mol. The molecule has 1 aromatic rings. The second kappa shape index (κ2) is 4.68. The molecule has 2 N–H and O–H groups in total. The summed E-state index contributed by atoms with van der Waals surface area (Å²) in [6.45, 7) is 3.60. The van der Waals surface area contributed by atoms with Gasteiger partial charge in [-0.2, -0.15) is 14.4 Å². The first kappa shape index (κ1) is 11.6. The third kappa shape index (κ3) is 2.25. The normalized spacial score (nSPS) is 21.9. The summed E-state index contributed by atoms with van der Waals surface area (Å²) in [4.78, 5) is 9.34. The van der Waals surface area contributed by atoms with E-state index >= 15 is 0 Å². The van der Waals surface area contributed by atoms with Crippen LogP contribution in [0.25, 0.3) is 0 Å². The van der Waals surface area contributed by atoms with Crippen LogP contribution < -0.4 is 10.6 Å². The van der Waals surface area contributed by atoms with E-state index in [1.54, 1.807) is 6.07 Å². The summed E-state index contributed by atoms with van der Waals surface area (Å²) in [5.41, 5.74) is 5.54. The Morgan fingerprint density at radius 3 is 2.50 bits per heavy atom. The summed E-state index contributed by atoms with van der Waals surface area (Å²) in [6, 6.07) is 1.63. The highest BCUT2D eigenvalue weighted by Gasteiger charge is 2.31. The van der Waals surface area contributed by atoms with Crippen molar-refractivity contribution < 1.29 is 9.13 Å². The van der Waals surface area contributed by atoms with E-state index in [-0.39, 0.29) is 5.82 Å². The Balaban J connectivity index is 1.64. The molecule has 18 heavy (non-hydrogen) atoms. The molecule has 0 atom stereocenters. The van der Waals surface area contributed by atoms with Crippen LogP contribution in [0.2, 0.25) is 0 Å². The van der Waals surface area contributed by atoms with Gasteiger partial charge in [-0.25, -0.2) is 0 Å². The number of nitrogens with two attached hydrogens (primary N) is 1. The number of nitrogen functional groups attached to an aromatic ring is 1. The van der Waals surface area contributed by atoms with Crippen molar-refractivity contribution in [3.05, 3.63) is 12.1 Å². The lowest BCUT2D eigenvalue weighted by Gasteiger charge is -2.39. The highest BCUT2D eigenvalue weighted by Crippen LogP contribution is 2.31. The summed E-state index contributed by atoms with van der Waals surface area (Å²) >= 11 is 0. The second-order valence-corrected chi connectivity index (χ2v) is 5.04. The van der Waals surface area contributed by atoms with Crippen molar-refractivity contribution in [3.63, 3.8) is 0 Å². The van der Waals surface area contributed by atoms with Gasteiger partial charge >= 0.3 is 6.08 Å². The van der Waals surface area contributed by atoms with Crippen LogP contribution in [0, 0.1) is 17.9 Å². The summed E-state index contributed by atoms with van der Waals surface area (Å²) in [7, 11) is 0. The Morgan fingerprint density at radius 2 is 1.94 bits per heavy atom. The van der Waals surface area contributed by atoms with Gasteiger partial charge in [0.05, 0.1) is 13.2 Å². The number of hydrogen-bond acceptors (Lipinski definition) is 5. The van der Waals surface area contributed by atoms with Gasteiger partial charge in [-0.3, -0.25) is 0 Å². The SMILES string of the molecule is Nc1cc(N2CCC(C3COC3)CC2)nc(F)n1. The molecule has 0 unspecified atom stereocenters. The van der Waals surface area contributed by atoms with Crippen molar-refractivity contribution in [2.24, 2.45) is 11.8 Å². The first-order chi connectivity index (χ1) is 8.72. The van der Waals surface area contributed by atoms with Gasteiger partial charge in [-0.05, 0) is 18.8 Å². The van der Waals surface area contributed by atoms with Crippen molar-refractivity contribution >= 4 is 11.6 Å². The molecule has 0 aromatic carbocycles. The molecule has 2 fully saturated rings. The molecule has 3 heterocycles. The van der Waals surface area contributed by atoms with Gasteiger partial charge in [0, 0.05) is 25.1 Å². The van der Waals surface area contributed by atoms with Gasteiger partial charge in [0.25, 0.3) is 0 Å². The zero-order valence-electron chi connectivity index (χ0n) is 10.2. The second-order valence-electron chi connectivity index (χ2n) is 5.04. The van der Waals surface area contributed by atoms with Gasteiger partial charge in [0.15, 0.2) is 0 Å². The minimum absolute atomic E-state index is 0.187. The predicted octanol–water partition coefficient (Wildman–Crippen LogP) is 1.06. The maximum absolute atomic E-state index is 13.1. The van der Waals surface area contributed by atoms with Crippen molar-refractivity contribution in [2.45, 2.75) is 12.8 Å². The zero-order valence-corrected chi connectivity index (χ0v) is 10.2. The Labute approximate surface area is 105 Å². The van der Waals surface area contributed by atoms with E-state index in [9.17, 15) is 4.39 Å². The first-order valence-electron chi connectivity index (χ1n) is 6.35. The Hall–Kier alpha value is -1.43.